The molecular weight excluding hydrogens is 320 g/mol. The van der Waals surface area contributed by atoms with Gasteiger partial charge >= 0.3 is 0 Å². The monoisotopic (exact) mass is 346 g/mol. The summed E-state index contributed by atoms with van der Waals surface area (Å²) in [5.41, 5.74) is 0. The quantitative estimate of drug-likeness (QED) is 0.647. The first kappa shape index (κ1) is 18.2. The molecular formula is C14H26N4O4S. The van der Waals surface area contributed by atoms with Crippen molar-refractivity contribution in [2.24, 2.45) is 0 Å². The Labute approximate surface area is 137 Å². The van der Waals surface area contributed by atoms with Crippen LogP contribution in [0.15, 0.2) is 0 Å². The average Bonchev–Trinajstić information content (AvgIpc) is 2.72. The number of carbonyl (C=O) groups excluding carboxylic acids is 2. The largest absolute Gasteiger partial charge is 0.343 e. The van der Waals surface area contributed by atoms with Gasteiger partial charge in [0, 0.05) is 38.6 Å². The summed E-state index contributed by atoms with van der Waals surface area (Å²) in [5.74, 6) is -0.357. The Bertz CT molecular complexity index is 565. The molecule has 0 aromatic heterocycles. The number of hydrogen-bond acceptors (Lipinski definition) is 5. The zero-order chi connectivity index (χ0) is 17.2. The minimum Gasteiger partial charge on any atom is -0.343 e. The maximum absolute atomic E-state index is 12.7. The van der Waals surface area contributed by atoms with Gasteiger partial charge in [-0.15, -0.1) is 0 Å². The van der Waals surface area contributed by atoms with Crippen LogP contribution in [0.3, 0.4) is 0 Å². The lowest BCUT2D eigenvalue weighted by Gasteiger charge is -2.24. The molecule has 23 heavy (non-hydrogen) atoms. The van der Waals surface area contributed by atoms with E-state index in [1.54, 1.807) is 4.90 Å². The van der Waals surface area contributed by atoms with E-state index in [0.29, 0.717) is 26.1 Å². The van der Waals surface area contributed by atoms with E-state index in [-0.39, 0.29) is 23.9 Å². The van der Waals surface area contributed by atoms with Crippen LogP contribution in [0.1, 0.15) is 26.7 Å². The van der Waals surface area contributed by atoms with E-state index in [1.807, 2.05) is 0 Å². The molecule has 0 saturated carbocycles. The first-order valence-corrected chi connectivity index (χ1v) is 9.86. The van der Waals surface area contributed by atoms with E-state index in [2.05, 4.69) is 21.9 Å². The van der Waals surface area contributed by atoms with Gasteiger partial charge in [0.25, 0.3) is 0 Å². The van der Waals surface area contributed by atoms with Crippen LogP contribution in [0.25, 0.3) is 0 Å². The summed E-state index contributed by atoms with van der Waals surface area (Å²) in [5, 5.41) is 2.73. The molecule has 2 rings (SSSR count). The smallest absolute Gasteiger partial charge is 0.246 e. The zero-order valence-electron chi connectivity index (χ0n) is 13.9. The Morgan fingerprint density at radius 1 is 1.30 bits per heavy atom. The van der Waals surface area contributed by atoms with Crippen LogP contribution in [0, 0.1) is 0 Å². The third-order valence-corrected chi connectivity index (χ3v) is 4.96. The van der Waals surface area contributed by atoms with E-state index in [4.69, 9.17) is 0 Å². The number of fused-ring (bicyclic) bond motifs is 1. The molecule has 2 amide bonds. The lowest BCUT2D eigenvalue weighted by atomic mass is 10.1. The van der Waals surface area contributed by atoms with E-state index in [1.165, 1.54) is 6.92 Å². The van der Waals surface area contributed by atoms with Crippen LogP contribution < -0.4 is 10.0 Å². The van der Waals surface area contributed by atoms with E-state index in [0.717, 1.165) is 19.2 Å². The summed E-state index contributed by atoms with van der Waals surface area (Å²) in [6, 6.07) is -0.855. The van der Waals surface area contributed by atoms with Gasteiger partial charge < -0.3 is 10.2 Å². The predicted octanol–water partition coefficient (Wildman–Crippen LogP) is -1.26. The van der Waals surface area contributed by atoms with E-state index in [9.17, 15) is 18.0 Å². The Hall–Kier alpha value is -1.19. The molecule has 0 bridgehead atoms. The molecule has 0 unspecified atom stereocenters. The fourth-order valence-electron chi connectivity index (χ4n) is 3.51. The maximum Gasteiger partial charge on any atom is 0.246 e. The molecule has 3 atom stereocenters. The van der Waals surface area contributed by atoms with Gasteiger partial charge in [0.05, 0.1) is 6.26 Å². The number of sulfonamides is 1. The second-order valence-electron chi connectivity index (χ2n) is 6.48. The molecule has 2 saturated heterocycles. The summed E-state index contributed by atoms with van der Waals surface area (Å²) in [7, 11) is -3.30. The summed E-state index contributed by atoms with van der Waals surface area (Å²) >= 11 is 0. The third-order valence-electron chi connectivity index (χ3n) is 4.20. The molecule has 2 aliphatic rings. The van der Waals surface area contributed by atoms with Crippen molar-refractivity contribution in [3.05, 3.63) is 0 Å². The van der Waals surface area contributed by atoms with Crippen molar-refractivity contribution in [3.8, 4) is 0 Å². The number of nitrogens with one attached hydrogen (secondary N) is 2. The van der Waals surface area contributed by atoms with Gasteiger partial charge in [0.1, 0.15) is 6.04 Å². The molecule has 2 heterocycles. The number of hydrogen-bond donors (Lipinski definition) is 2. The fraction of sp³-hybridized carbons (Fsp3) is 0.857. The van der Waals surface area contributed by atoms with Gasteiger partial charge in [-0.3, -0.25) is 14.5 Å². The number of amides is 2. The number of carbonyl (C=O) groups is 2. The van der Waals surface area contributed by atoms with E-state index >= 15 is 0 Å². The van der Waals surface area contributed by atoms with Crippen molar-refractivity contribution in [1.29, 1.82) is 0 Å². The lowest BCUT2D eigenvalue weighted by molar-refractivity contribution is -0.135. The Morgan fingerprint density at radius 3 is 2.57 bits per heavy atom. The molecule has 132 valence electrons. The highest BCUT2D eigenvalue weighted by atomic mass is 32.2. The highest BCUT2D eigenvalue weighted by molar-refractivity contribution is 7.88. The maximum atomic E-state index is 12.7. The van der Waals surface area contributed by atoms with Crippen LogP contribution in [-0.4, -0.2) is 80.6 Å². The van der Waals surface area contributed by atoms with Crippen LogP contribution >= 0.6 is 0 Å². The lowest BCUT2D eigenvalue weighted by Crippen LogP contribution is -2.51. The van der Waals surface area contributed by atoms with Gasteiger partial charge in [-0.1, -0.05) is 6.92 Å². The van der Waals surface area contributed by atoms with Gasteiger partial charge in [0.15, 0.2) is 0 Å². The first-order chi connectivity index (χ1) is 10.7. The van der Waals surface area contributed by atoms with E-state index < -0.39 is 16.1 Å². The molecule has 0 aliphatic carbocycles. The van der Waals surface area contributed by atoms with Crippen molar-refractivity contribution in [2.75, 3.05) is 32.4 Å². The van der Waals surface area contributed by atoms with Crippen LogP contribution in [0.5, 0.6) is 0 Å². The van der Waals surface area contributed by atoms with Crippen molar-refractivity contribution in [2.45, 2.75) is 44.8 Å². The summed E-state index contributed by atoms with van der Waals surface area (Å²) in [6.45, 7) is 5.88. The van der Waals surface area contributed by atoms with Crippen LogP contribution in [-0.2, 0) is 19.6 Å². The van der Waals surface area contributed by atoms with Gasteiger partial charge in [-0.2, -0.15) is 0 Å². The van der Waals surface area contributed by atoms with Gasteiger partial charge in [-0.05, 0) is 19.4 Å². The molecule has 8 nitrogen and oxygen atoms in total. The van der Waals surface area contributed by atoms with Crippen LogP contribution in [0.4, 0.5) is 0 Å². The summed E-state index contributed by atoms with van der Waals surface area (Å²) < 4.78 is 25.5. The second kappa shape index (κ2) is 7.14. The first-order valence-electron chi connectivity index (χ1n) is 7.97. The minimum atomic E-state index is -3.30. The third kappa shape index (κ3) is 4.89. The molecule has 0 aromatic carbocycles. The van der Waals surface area contributed by atoms with Crippen molar-refractivity contribution < 1.29 is 18.0 Å². The normalized spacial score (nSPS) is 29.3. The second-order valence-corrected chi connectivity index (χ2v) is 8.26. The highest BCUT2D eigenvalue weighted by Gasteiger charge is 2.42. The Morgan fingerprint density at radius 2 is 2.00 bits per heavy atom. The number of nitrogens with zero attached hydrogens (tertiary/aromatic N) is 2. The van der Waals surface area contributed by atoms with Crippen molar-refractivity contribution in [3.63, 3.8) is 0 Å². The molecule has 9 heteroatoms. The minimum absolute atomic E-state index is 0.0212. The summed E-state index contributed by atoms with van der Waals surface area (Å²) in [6.07, 6.45) is 2.69. The standard InChI is InChI=1S/C14H26N4O4S/c1-4-5-17-8-12-6-11(16-23(3,21)22)7-18(12)14(20)13(9-17)15-10(2)19/h11-13,16H,4-9H2,1-3H3,(H,15,19)/t11-,12-,13-/m0/s1. The average molecular weight is 346 g/mol. The number of rotatable bonds is 5. The highest BCUT2D eigenvalue weighted by Crippen LogP contribution is 2.23. The van der Waals surface area contributed by atoms with Gasteiger partial charge in [0.2, 0.25) is 21.8 Å². The van der Waals surface area contributed by atoms with Gasteiger partial charge in [-0.25, -0.2) is 13.1 Å². The molecule has 2 aliphatic heterocycles. The van der Waals surface area contributed by atoms with Crippen LogP contribution in [0.2, 0.25) is 0 Å². The SMILES string of the molecule is CCCN1C[C@@H]2C[C@H](NS(C)(=O)=O)CN2C(=O)[C@@H](NC(C)=O)C1. The summed E-state index contributed by atoms with van der Waals surface area (Å²) in [4.78, 5) is 28.0. The molecule has 0 aromatic rings. The fourth-order valence-corrected chi connectivity index (χ4v) is 4.28. The Balaban J connectivity index is 2.16. The Kier molecular flexibility index (Phi) is 5.64. The topological polar surface area (TPSA) is 98.8 Å². The molecule has 0 spiro atoms. The molecule has 2 N–H and O–H groups in total. The molecule has 2 fully saturated rings. The molecule has 0 radical (unpaired) electrons. The van der Waals surface area contributed by atoms with Crippen molar-refractivity contribution >= 4 is 21.8 Å². The van der Waals surface area contributed by atoms with Crippen molar-refractivity contribution in [1.82, 2.24) is 19.8 Å². The predicted molar refractivity (Wildman–Crippen MR) is 86.2 cm³/mol. The zero-order valence-corrected chi connectivity index (χ0v) is 14.7.